The molecule has 0 bridgehead atoms. The lowest BCUT2D eigenvalue weighted by Crippen LogP contribution is -2.09. The second kappa shape index (κ2) is 6.80. The molecule has 0 amide bonds. The van der Waals surface area contributed by atoms with Gasteiger partial charge in [0, 0.05) is 24.1 Å². The molecule has 8 heteroatoms. The number of rotatable bonds is 5. The van der Waals surface area contributed by atoms with Gasteiger partial charge in [0.05, 0.1) is 12.8 Å². The van der Waals surface area contributed by atoms with Crippen LogP contribution in [0.25, 0.3) is 5.65 Å². The van der Waals surface area contributed by atoms with Crippen LogP contribution < -0.4 is 14.8 Å². The van der Waals surface area contributed by atoms with E-state index in [1.165, 1.54) is 12.4 Å². The van der Waals surface area contributed by atoms with E-state index in [1.807, 2.05) is 30.3 Å². The van der Waals surface area contributed by atoms with Crippen LogP contribution in [0.3, 0.4) is 0 Å². The highest BCUT2D eigenvalue weighted by Gasteiger charge is 2.20. The first-order chi connectivity index (χ1) is 13.8. The van der Waals surface area contributed by atoms with E-state index in [4.69, 9.17) is 9.47 Å². The lowest BCUT2D eigenvalue weighted by molar-refractivity contribution is 0.356. The summed E-state index contributed by atoms with van der Waals surface area (Å²) in [6, 6.07) is 12.5. The van der Waals surface area contributed by atoms with Crippen molar-refractivity contribution in [3.8, 4) is 17.2 Å². The van der Waals surface area contributed by atoms with Crippen molar-refractivity contribution in [2.75, 3.05) is 11.9 Å². The molecule has 0 saturated carbocycles. The van der Waals surface area contributed by atoms with Crippen molar-refractivity contribution in [2.45, 2.75) is 13.0 Å². The number of anilines is 1. The first-order valence-corrected chi connectivity index (χ1v) is 8.88. The molecule has 0 aliphatic carbocycles. The fraction of sp³-hybridized carbons (Fsp3) is 0.150. The summed E-state index contributed by atoms with van der Waals surface area (Å²) in [5.41, 5.74) is 2.00. The molecule has 2 aromatic carbocycles. The third-order valence-electron chi connectivity index (χ3n) is 4.64. The Labute approximate surface area is 159 Å². The number of para-hydroxylation sites is 1. The summed E-state index contributed by atoms with van der Waals surface area (Å²) in [4.78, 5) is 4.41. The number of nitrogens with zero attached hydrogens (tertiary/aromatic N) is 4. The third kappa shape index (κ3) is 2.88. The Kier molecular flexibility index (Phi) is 4.01. The number of hydrogen-bond acceptors (Lipinski definition) is 6. The number of fused-ring (bicyclic) bond motifs is 2. The molecule has 4 aromatic rings. The molecule has 1 N–H and O–H groups in total. The van der Waals surface area contributed by atoms with Gasteiger partial charge in [0.2, 0.25) is 11.6 Å². The maximum Gasteiger partial charge on any atom is 0.210 e. The second-order valence-electron chi connectivity index (χ2n) is 6.34. The van der Waals surface area contributed by atoms with E-state index in [-0.39, 0.29) is 12.4 Å². The van der Waals surface area contributed by atoms with Gasteiger partial charge < -0.3 is 14.8 Å². The van der Waals surface area contributed by atoms with Gasteiger partial charge in [0.25, 0.3) is 0 Å². The minimum atomic E-state index is -0.263. The molecule has 0 spiro atoms. The average molecular weight is 377 g/mol. The molecular weight excluding hydrogens is 361 g/mol. The predicted octanol–water partition coefficient (Wildman–Crippen LogP) is 3.60. The highest BCUT2D eigenvalue weighted by Crippen LogP contribution is 2.31. The maximum absolute atomic E-state index is 14.3. The molecule has 0 radical (unpaired) electrons. The monoisotopic (exact) mass is 377 g/mol. The number of halogens is 1. The molecule has 0 unspecified atom stereocenters. The molecule has 0 saturated heterocycles. The molecule has 3 heterocycles. The molecule has 28 heavy (non-hydrogen) atoms. The SMILES string of the molecule is Fc1ccc2c(c1CNc1ncc(Oc3ccccc3)c3nncn13)CCO2. The minimum Gasteiger partial charge on any atom is -0.493 e. The van der Waals surface area contributed by atoms with Crippen molar-refractivity contribution in [3.63, 3.8) is 0 Å². The Balaban J connectivity index is 1.43. The summed E-state index contributed by atoms with van der Waals surface area (Å²) in [6.07, 6.45) is 3.81. The van der Waals surface area contributed by atoms with Crippen LogP contribution >= 0.6 is 0 Å². The number of benzene rings is 2. The number of ether oxygens (including phenoxy) is 2. The van der Waals surface area contributed by atoms with E-state index < -0.39 is 0 Å². The zero-order chi connectivity index (χ0) is 18.9. The summed E-state index contributed by atoms with van der Waals surface area (Å²) >= 11 is 0. The van der Waals surface area contributed by atoms with Crippen LogP contribution in [0.5, 0.6) is 17.2 Å². The zero-order valence-electron chi connectivity index (χ0n) is 14.8. The molecular formula is C20H16FN5O2. The summed E-state index contributed by atoms with van der Waals surface area (Å²) in [6.45, 7) is 0.850. The largest absolute Gasteiger partial charge is 0.493 e. The van der Waals surface area contributed by atoms with Gasteiger partial charge in [-0.1, -0.05) is 18.2 Å². The Morgan fingerprint density at radius 2 is 2.07 bits per heavy atom. The van der Waals surface area contributed by atoms with Crippen molar-refractivity contribution >= 4 is 11.6 Å². The van der Waals surface area contributed by atoms with E-state index in [0.717, 1.165) is 11.3 Å². The Hall–Kier alpha value is -3.68. The topological polar surface area (TPSA) is 73.6 Å². The smallest absolute Gasteiger partial charge is 0.210 e. The summed E-state index contributed by atoms with van der Waals surface area (Å²) in [7, 11) is 0. The molecule has 5 rings (SSSR count). The van der Waals surface area contributed by atoms with Crippen LogP contribution in [0.1, 0.15) is 11.1 Å². The lowest BCUT2D eigenvalue weighted by atomic mass is 10.0. The van der Waals surface area contributed by atoms with Crippen LogP contribution in [0.2, 0.25) is 0 Å². The zero-order valence-corrected chi connectivity index (χ0v) is 14.8. The number of aromatic nitrogens is 4. The quantitative estimate of drug-likeness (QED) is 0.573. The van der Waals surface area contributed by atoms with E-state index in [9.17, 15) is 4.39 Å². The summed E-state index contributed by atoms with van der Waals surface area (Å²) < 4.78 is 27.4. The standard InChI is InChI=1S/C20H16FN5O2/c21-16-6-7-17-14(8-9-27-17)15(16)10-22-20-23-11-18(19-25-24-12-26(19)20)28-13-4-2-1-3-5-13/h1-7,11-12H,8-10H2,(H,22,23). The van der Waals surface area contributed by atoms with Gasteiger partial charge in [0.15, 0.2) is 5.75 Å². The Bertz CT molecular complexity index is 1150. The van der Waals surface area contributed by atoms with E-state index in [0.29, 0.717) is 41.7 Å². The normalized spacial score (nSPS) is 12.6. The third-order valence-corrected chi connectivity index (χ3v) is 4.64. The van der Waals surface area contributed by atoms with Gasteiger partial charge in [-0.25, -0.2) is 13.8 Å². The Morgan fingerprint density at radius 1 is 1.18 bits per heavy atom. The number of hydrogen-bond donors (Lipinski definition) is 1. The molecule has 0 atom stereocenters. The average Bonchev–Trinajstić information content (AvgIpc) is 3.39. The Morgan fingerprint density at radius 3 is 2.96 bits per heavy atom. The van der Waals surface area contributed by atoms with Crippen LogP contribution in [-0.4, -0.2) is 26.2 Å². The molecule has 0 fully saturated rings. The van der Waals surface area contributed by atoms with Gasteiger partial charge in [-0.15, -0.1) is 10.2 Å². The van der Waals surface area contributed by atoms with Crippen molar-refractivity contribution in [2.24, 2.45) is 0 Å². The highest BCUT2D eigenvalue weighted by atomic mass is 19.1. The van der Waals surface area contributed by atoms with E-state index >= 15 is 0 Å². The van der Waals surface area contributed by atoms with Gasteiger partial charge in [-0.3, -0.25) is 0 Å². The lowest BCUT2D eigenvalue weighted by Gasteiger charge is -2.12. The molecule has 140 valence electrons. The maximum atomic E-state index is 14.3. The number of nitrogens with one attached hydrogen (secondary N) is 1. The van der Waals surface area contributed by atoms with Gasteiger partial charge in [-0.05, 0) is 24.3 Å². The van der Waals surface area contributed by atoms with E-state index in [1.54, 1.807) is 16.7 Å². The highest BCUT2D eigenvalue weighted by molar-refractivity contribution is 5.57. The van der Waals surface area contributed by atoms with Gasteiger partial charge in [0.1, 0.15) is 23.6 Å². The molecule has 7 nitrogen and oxygen atoms in total. The fourth-order valence-corrected chi connectivity index (χ4v) is 3.29. The van der Waals surface area contributed by atoms with Gasteiger partial charge in [-0.2, -0.15) is 0 Å². The van der Waals surface area contributed by atoms with Crippen LogP contribution in [0, 0.1) is 5.82 Å². The predicted molar refractivity (Wildman–Crippen MR) is 100 cm³/mol. The fourth-order valence-electron chi connectivity index (χ4n) is 3.29. The van der Waals surface area contributed by atoms with Gasteiger partial charge >= 0.3 is 0 Å². The van der Waals surface area contributed by atoms with Crippen molar-refractivity contribution < 1.29 is 13.9 Å². The first-order valence-electron chi connectivity index (χ1n) is 8.88. The molecule has 1 aliphatic heterocycles. The van der Waals surface area contributed by atoms with Crippen molar-refractivity contribution in [1.82, 2.24) is 19.6 Å². The first kappa shape index (κ1) is 16.5. The summed E-state index contributed by atoms with van der Waals surface area (Å²) in [5, 5.41) is 11.2. The van der Waals surface area contributed by atoms with Crippen molar-refractivity contribution in [3.05, 3.63) is 71.9 Å². The summed E-state index contributed by atoms with van der Waals surface area (Å²) in [5.74, 6) is 2.13. The van der Waals surface area contributed by atoms with Crippen LogP contribution in [0.4, 0.5) is 10.3 Å². The molecule has 1 aliphatic rings. The molecule has 2 aromatic heterocycles. The van der Waals surface area contributed by atoms with Crippen molar-refractivity contribution in [1.29, 1.82) is 0 Å². The van der Waals surface area contributed by atoms with E-state index in [2.05, 4.69) is 20.5 Å². The van der Waals surface area contributed by atoms with Crippen LogP contribution in [0.15, 0.2) is 55.0 Å². The minimum absolute atomic E-state index is 0.263. The van der Waals surface area contributed by atoms with Crippen LogP contribution in [-0.2, 0) is 13.0 Å². The second-order valence-corrected chi connectivity index (χ2v) is 6.34.